The zero-order valence-corrected chi connectivity index (χ0v) is 13.1. The van der Waals surface area contributed by atoms with Crippen molar-refractivity contribution in [3.05, 3.63) is 11.9 Å². The van der Waals surface area contributed by atoms with E-state index in [0.29, 0.717) is 4.75 Å². The molecular formula is C14H23N5OS. The Balaban J connectivity index is 1.59. The first-order valence-electron chi connectivity index (χ1n) is 7.69. The van der Waals surface area contributed by atoms with Crippen LogP contribution < -0.4 is 5.73 Å². The Kier molecular flexibility index (Phi) is 4.49. The first-order valence-corrected chi connectivity index (χ1v) is 8.67. The lowest BCUT2D eigenvalue weighted by Crippen LogP contribution is -2.47. The summed E-state index contributed by atoms with van der Waals surface area (Å²) in [5.74, 6) is 0.817. The quantitative estimate of drug-likeness (QED) is 0.898. The molecule has 2 N–H and O–H groups in total. The van der Waals surface area contributed by atoms with E-state index in [2.05, 4.69) is 27.0 Å². The minimum absolute atomic E-state index is 0.104. The Labute approximate surface area is 129 Å². The van der Waals surface area contributed by atoms with Crippen LogP contribution in [0.1, 0.15) is 37.8 Å². The van der Waals surface area contributed by atoms with Crippen molar-refractivity contribution in [2.45, 2.75) is 49.9 Å². The van der Waals surface area contributed by atoms with Crippen molar-refractivity contribution in [1.29, 1.82) is 0 Å². The molecule has 2 aliphatic rings. The number of primary amides is 1. The van der Waals surface area contributed by atoms with Gasteiger partial charge in [0, 0.05) is 30.1 Å². The third-order valence-electron chi connectivity index (χ3n) is 4.38. The van der Waals surface area contributed by atoms with E-state index in [1.54, 1.807) is 0 Å². The number of nitrogens with two attached hydrogens (primary N) is 1. The van der Waals surface area contributed by atoms with E-state index in [1.165, 1.54) is 42.5 Å². The molecule has 1 saturated carbocycles. The highest BCUT2D eigenvalue weighted by Crippen LogP contribution is 2.42. The summed E-state index contributed by atoms with van der Waals surface area (Å²) in [6.45, 7) is 3.18. The fraction of sp³-hybridized carbons (Fsp3) is 0.786. The van der Waals surface area contributed by atoms with Gasteiger partial charge in [0.05, 0.1) is 11.9 Å². The summed E-state index contributed by atoms with van der Waals surface area (Å²) in [6, 6.07) is 0. The molecule has 21 heavy (non-hydrogen) atoms. The number of hydrogen-bond acceptors (Lipinski definition) is 5. The van der Waals surface area contributed by atoms with Gasteiger partial charge in [0.15, 0.2) is 0 Å². The van der Waals surface area contributed by atoms with E-state index in [9.17, 15) is 4.79 Å². The van der Waals surface area contributed by atoms with E-state index in [4.69, 9.17) is 5.73 Å². The van der Waals surface area contributed by atoms with E-state index in [-0.39, 0.29) is 12.5 Å². The lowest BCUT2D eigenvalue weighted by molar-refractivity contribution is -0.118. The normalized spacial score (nSPS) is 22.5. The molecule has 7 heteroatoms. The Bertz CT molecular complexity index is 492. The van der Waals surface area contributed by atoms with Crippen molar-refractivity contribution in [2.24, 2.45) is 5.73 Å². The number of nitrogens with zero attached hydrogens (tertiary/aromatic N) is 4. The largest absolute Gasteiger partial charge is 0.368 e. The monoisotopic (exact) mass is 309 g/mol. The second-order valence-electron chi connectivity index (χ2n) is 6.18. The summed E-state index contributed by atoms with van der Waals surface area (Å²) < 4.78 is 1.99. The fourth-order valence-electron chi connectivity index (χ4n) is 3.43. The van der Waals surface area contributed by atoms with Crippen LogP contribution in [0.2, 0.25) is 0 Å². The second kappa shape index (κ2) is 6.36. The van der Waals surface area contributed by atoms with E-state index in [0.717, 1.165) is 25.3 Å². The highest BCUT2D eigenvalue weighted by molar-refractivity contribution is 8.00. The lowest BCUT2D eigenvalue weighted by atomic mass is 9.87. The Morgan fingerprint density at radius 3 is 2.95 bits per heavy atom. The summed E-state index contributed by atoms with van der Waals surface area (Å²) >= 11 is 2.17. The topological polar surface area (TPSA) is 77.0 Å². The Hall–Kier alpha value is -1.08. The second-order valence-corrected chi connectivity index (χ2v) is 7.74. The molecule has 0 radical (unpaired) electrons. The molecule has 1 spiro atoms. The van der Waals surface area contributed by atoms with Gasteiger partial charge in [-0.2, -0.15) is 11.8 Å². The summed E-state index contributed by atoms with van der Waals surface area (Å²) in [5.41, 5.74) is 6.10. The molecule has 6 nitrogen and oxygen atoms in total. The molecule has 0 atom stereocenters. The first kappa shape index (κ1) is 14.8. The molecule has 2 heterocycles. The van der Waals surface area contributed by atoms with Gasteiger partial charge >= 0.3 is 0 Å². The van der Waals surface area contributed by atoms with Crippen LogP contribution in [0, 0.1) is 0 Å². The maximum atomic E-state index is 10.9. The van der Waals surface area contributed by atoms with E-state index < -0.39 is 0 Å². The van der Waals surface area contributed by atoms with Gasteiger partial charge in [0.1, 0.15) is 6.54 Å². The number of hydrogen-bond donors (Lipinski definition) is 1. The van der Waals surface area contributed by atoms with Crippen LogP contribution in [0.25, 0.3) is 0 Å². The van der Waals surface area contributed by atoms with Crippen molar-refractivity contribution in [3.8, 4) is 0 Å². The number of rotatable bonds is 4. The van der Waals surface area contributed by atoms with Gasteiger partial charge in [-0.05, 0) is 12.8 Å². The molecule has 0 unspecified atom stereocenters. The molecule has 1 saturated heterocycles. The van der Waals surface area contributed by atoms with Gasteiger partial charge in [-0.1, -0.05) is 24.5 Å². The van der Waals surface area contributed by atoms with Gasteiger partial charge in [0.2, 0.25) is 5.91 Å². The zero-order valence-electron chi connectivity index (χ0n) is 12.3. The fourth-order valence-corrected chi connectivity index (χ4v) is 5.07. The van der Waals surface area contributed by atoms with E-state index >= 15 is 0 Å². The van der Waals surface area contributed by atoms with Crippen molar-refractivity contribution in [1.82, 2.24) is 19.9 Å². The zero-order chi connectivity index (χ0) is 14.7. The van der Waals surface area contributed by atoms with Crippen LogP contribution in [0.4, 0.5) is 0 Å². The number of thioether (sulfide) groups is 1. The Morgan fingerprint density at radius 1 is 1.38 bits per heavy atom. The number of aromatic nitrogens is 3. The molecule has 1 aliphatic carbocycles. The van der Waals surface area contributed by atoms with Gasteiger partial charge in [-0.25, -0.2) is 4.68 Å². The van der Waals surface area contributed by atoms with Gasteiger partial charge in [-0.15, -0.1) is 5.10 Å². The molecule has 3 rings (SSSR count). The maximum absolute atomic E-state index is 10.9. The molecule has 116 valence electrons. The summed E-state index contributed by atoms with van der Waals surface area (Å²) in [7, 11) is 0. The highest BCUT2D eigenvalue weighted by atomic mass is 32.2. The van der Waals surface area contributed by atoms with Crippen LogP contribution in [-0.4, -0.2) is 49.4 Å². The van der Waals surface area contributed by atoms with Crippen LogP contribution in [-0.2, 0) is 17.9 Å². The van der Waals surface area contributed by atoms with Crippen molar-refractivity contribution >= 4 is 17.7 Å². The lowest BCUT2D eigenvalue weighted by Gasteiger charge is -2.44. The SMILES string of the molecule is NC(=O)Cn1cc(CN2CCSC3(CCCCC3)C2)nn1. The van der Waals surface area contributed by atoms with Crippen LogP contribution in [0.3, 0.4) is 0 Å². The summed E-state index contributed by atoms with van der Waals surface area (Å²) in [6.07, 6.45) is 8.67. The van der Waals surface area contributed by atoms with Gasteiger partial charge in [-0.3, -0.25) is 9.69 Å². The number of carbonyl (C=O) groups excluding carboxylic acids is 1. The summed E-state index contributed by atoms with van der Waals surface area (Å²) in [4.78, 5) is 13.4. The minimum atomic E-state index is -0.387. The third kappa shape index (κ3) is 3.77. The van der Waals surface area contributed by atoms with Crippen molar-refractivity contribution in [3.63, 3.8) is 0 Å². The molecular weight excluding hydrogens is 286 g/mol. The van der Waals surface area contributed by atoms with Crippen LogP contribution in [0.15, 0.2) is 6.20 Å². The maximum Gasteiger partial charge on any atom is 0.239 e. The molecule has 0 bridgehead atoms. The van der Waals surface area contributed by atoms with Crippen molar-refractivity contribution in [2.75, 3.05) is 18.8 Å². The van der Waals surface area contributed by atoms with Gasteiger partial charge < -0.3 is 5.73 Å². The smallest absolute Gasteiger partial charge is 0.239 e. The van der Waals surface area contributed by atoms with Gasteiger partial charge in [0.25, 0.3) is 0 Å². The van der Waals surface area contributed by atoms with Crippen LogP contribution >= 0.6 is 11.8 Å². The van der Waals surface area contributed by atoms with Crippen LogP contribution in [0.5, 0.6) is 0 Å². The molecule has 1 amide bonds. The third-order valence-corrected chi connectivity index (χ3v) is 5.92. The molecule has 0 aromatic carbocycles. The molecule has 1 aromatic heterocycles. The minimum Gasteiger partial charge on any atom is -0.368 e. The average molecular weight is 309 g/mol. The number of carbonyl (C=O) groups is 1. The van der Waals surface area contributed by atoms with E-state index in [1.807, 2.05) is 6.20 Å². The standard InChI is InChI=1S/C14H23N5OS/c15-13(20)10-19-9-12(16-17-19)8-18-6-7-21-14(11-18)4-2-1-3-5-14/h9H,1-8,10-11H2,(H2,15,20). The first-order chi connectivity index (χ1) is 10.2. The predicted molar refractivity (Wildman–Crippen MR) is 82.8 cm³/mol. The molecule has 2 fully saturated rings. The highest BCUT2D eigenvalue weighted by Gasteiger charge is 2.37. The Morgan fingerprint density at radius 2 is 2.19 bits per heavy atom. The molecule has 1 aliphatic heterocycles. The predicted octanol–water partition coefficient (Wildman–Crippen LogP) is 1.02. The summed E-state index contributed by atoms with van der Waals surface area (Å²) in [5, 5.41) is 8.11. The molecule has 1 aromatic rings. The average Bonchev–Trinajstić information content (AvgIpc) is 2.86. The number of amides is 1. The van der Waals surface area contributed by atoms with Crippen molar-refractivity contribution < 1.29 is 4.79 Å².